The number of hydrogen-bond acceptors (Lipinski definition) is 2. The van der Waals surface area contributed by atoms with E-state index in [0.717, 1.165) is 11.3 Å². The van der Waals surface area contributed by atoms with Gasteiger partial charge in [0, 0.05) is 17.1 Å². The lowest BCUT2D eigenvalue weighted by Crippen LogP contribution is -2.32. The van der Waals surface area contributed by atoms with Crippen LogP contribution in [0.15, 0.2) is 18.3 Å². The Kier molecular flexibility index (Phi) is 2.87. The van der Waals surface area contributed by atoms with Crippen LogP contribution in [0.5, 0.6) is 5.75 Å². The van der Waals surface area contributed by atoms with Crippen molar-refractivity contribution in [3.63, 3.8) is 0 Å². The lowest BCUT2D eigenvalue weighted by molar-refractivity contribution is 0.418. The van der Waals surface area contributed by atoms with Crippen molar-refractivity contribution in [1.82, 2.24) is 10.3 Å². The molecule has 0 saturated heterocycles. The maximum absolute atomic E-state index is 5.42. The third-order valence-electron chi connectivity index (χ3n) is 3.42. The lowest BCUT2D eigenvalue weighted by atomic mass is 9.93. The van der Waals surface area contributed by atoms with Crippen LogP contribution in [0, 0.1) is 6.92 Å². The van der Waals surface area contributed by atoms with Gasteiger partial charge in [0.2, 0.25) is 0 Å². The van der Waals surface area contributed by atoms with E-state index in [-0.39, 0.29) is 5.54 Å². The fraction of sp³-hybridized carbons (Fsp3) is 0.429. The van der Waals surface area contributed by atoms with E-state index in [1.165, 1.54) is 16.5 Å². The quantitative estimate of drug-likeness (QED) is 0.853. The minimum Gasteiger partial charge on any atom is -0.495 e. The molecule has 0 unspecified atom stereocenters. The second-order valence-corrected chi connectivity index (χ2v) is 4.97. The van der Waals surface area contributed by atoms with Gasteiger partial charge < -0.3 is 15.0 Å². The van der Waals surface area contributed by atoms with Gasteiger partial charge in [-0.2, -0.15) is 0 Å². The summed E-state index contributed by atoms with van der Waals surface area (Å²) in [5, 5.41) is 4.56. The Balaban J connectivity index is 2.73. The van der Waals surface area contributed by atoms with Crippen LogP contribution in [0.4, 0.5) is 0 Å². The number of aromatic nitrogens is 1. The summed E-state index contributed by atoms with van der Waals surface area (Å²) >= 11 is 0. The van der Waals surface area contributed by atoms with Gasteiger partial charge in [-0.15, -0.1) is 0 Å². The van der Waals surface area contributed by atoms with E-state index < -0.39 is 0 Å². The monoisotopic (exact) mass is 232 g/mol. The highest BCUT2D eigenvalue weighted by molar-refractivity contribution is 5.89. The van der Waals surface area contributed by atoms with Crippen molar-refractivity contribution in [2.24, 2.45) is 0 Å². The summed E-state index contributed by atoms with van der Waals surface area (Å²) in [6, 6.07) is 4.25. The van der Waals surface area contributed by atoms with Crippen LogP contribution < -0.4 is 10.1 Å². The number of ether oxygens (including phenoxy) is 1. The first-order valence-electron chi connectivity index (χ1n) is 5.84. The maximum atomic E-state index is 5.42. The number of hydrogen-bond donors (Lipinski definition) is 2. The molecule has 0 aliphatic rings. The highest BCUT2D eigenvalue weighted by atomic mass is 16.5. The largest absolute Gasteiger partial charge is 0.495 e. The number of methoxy groups -OCH3 is 1. The molecule has 0 atom stereocenters. The second-order valence-electron chi connectivity index (χ2n) is 4.97. The zero-order valence-electron chi connectivity index (χ0n) is 11.1. The molecule has 2 N–H and O–H groups in total. The molecule has 0 bridgehead atoms. The maximum Gasteiger partial charge on any atom is 0.143 e. The van der Waals surface area contributed by atoms with Crippen LogP contribution >= 0.6 is 0 Å². The molecule has 0 amide bonds. The van der Waals surface area contributed by atoms with Crippen LogP contribution in [0.2, 0.25) is 0 Å². The predicted molar refractivity (Wildman–Crippen MR) is 71.7 cm³/mol. The van der Waals surface area contributed by atoms with Crippen molar-refractivity contribution in [3.8, 4) is 5.75 Å². The van der Waals surface area contributed by atoms with Crippen LogP contribution in [0.25, 0.3) is 10.9 Å². The molecule has 2 aromatic rings. The first-order chi connectivity index (χ1) is 7.99. The number of aromatic amines is 1. The fourth-order valence-electron chi connectivity index (χ4n) is 2.15. The van der Waals surface area contributed by atoms with Gasteiger partial charge in [-0.05, 0) is 51.1 Å². The van der Waals surface area contributed by atoms with E-state index in [2.05, 4.69) is 49.4 Å². The predicted octanol–water partition coefficient (Wildman–Crippen LogP) is 2.94. The number of fused-ring (bicyclic) bond motifs is 1. The second kappa shape index (κ2) is 4.08. The Hall–Kier alpha value is -1.48. The van der Waals surface area contributed by atoms with Crippen molar-refractivity contribution < 1.29 is 4.74 Å². The van der Waals surface area contributed by atoms with E-state index >= 15 is 0 Å². The molecule has 0 saturated carbocycles. The molecule has 1 aromatic carbocycles. The minimum absolute atomic E-state index is 0.0585. The molecule has 0 radical (unpaired) electrons. The Labute approximate surface area is 102 Å². The smallest absolute Gasteiger partial charge is 0.143 e. The molecule has 3 nitrogen and oxygen atoms in total. The van der Waals surface area contributed by atoms with E-state index in [1.54, 1.807) is 7.11 Å². The molecule has 0 fully saturated rings. The zero-order valence-corrected chi connectivity index (χ0v) is 11.1. The Morgan fingerprint density at radius 2 is 2.00 bits per heavy atom. The molecule has 92 valence electrons. The average Bonchev–Trinajstić information content (AvgIpc) is 2.72. The summed E-state index contributed by atoms with van der Waals surface area (Å²) < 4.78 is 5.42. The summed E-state index contributed by atoms with van der Waals surface area (Å²) in [5.74, 6) is 0.901. The topological polar surface area (TPSA) is 37.0 Å². The molecular formula is C14H20N2O. The van der Waals surface area contributed by atoms with Gasteiger partial charge in [0.05, 0.1) is 12.6 Å². The first-order valence-corrected chi connectivity index (χ1v) is 5.84. The molecule has 0 aliphatic carbocycles. The first kappa shape index (κ1) is 12.0. The van der Waals surface area contributed by atoms with Crippen molar-refractivity contribution in [3.05, 3.63) is 29.5 Å². The van der Waals surface area contributed by atoms with Crippen LogP contribution in [-0.2, 0) is 5.54 Å². The average molecular weight is 232 g/mol. The van der Waals surface area contributed by atoms with Gasteiger partial charge in [-0.25, -0.2) is 0 Å². The Morgan fingerprint density at radius 1 is 1.29 bits per heavy atom. The third kappa shape index (κ3) is 1.91. The van der Waals surface area contributed by atoms with Gasteiger partial charge in [-0.3, -0.25) is 0 Å². The SMILES string of the molecule is CNC(C)(C)c1c[nH]c2c(OC)cc(C)cc12. The van der Waals surface area contributed by atoms with Gasteiger partial charge in [-0.1, -0.05) is 0 Å². The van der Waals surface area contributed by atoms with E-state index in [0.29, 0.717) is 0 Å². The van der Waals surface area contributed by atoms with Crippen LogP contribution in [-0.4, -0.2) is 19.1 Å². The van der Waals surface area contributed by atoms with Crippen molar-refractivity contribution >= 4 is 10.9 Å². The van der Waals surface area contributed by atoms with E-state index in [1.807, 2.05) is 7.05 Å². The third-order valence-corrected chi connectivity index (χ3v) is 3.42. The molecule has 1 aromatic heterocycles. The minimum atomic E-state index is -0.0585. The standard InChI is InChI=1S/C14H20N2O/c1-9-6-10-11(14(2,3)15-4)8-16-13(10)12(7-9)17-5/h6-8,15-16H,1-5H3. The zero-order chi connectivity index (χ0) is 12.6. The molecule has 1 heterocycles. The van der Waals surface area contributed by atoms with Crippen molar-refractivity contribution in [2.45, 2.75) is 26.3 Å². The molecule has 17 heavy (non-hydrogen) atoms. The Bertz CT molecular complexity index is 540. The van der Waals surface area contributed by atoms with Crippen molar-refractivity contribution in [2.75, 3.05) is 14.2 Å². The lowest BCUT2D eigenvalue weighted by Gasteiger charge is -2.23. The van der Waals surface area contributed by atoms with Gasteiger partial charge in [0.25, 0.3) is 0 Å². The fourth-order valence-corrected chi connectivity index (χ4v) is 2.15. The molecule has 3 heteroatoms. The summed E-state index contributed by atoms with van der Waals surface area (Å²) in [4.78, 5) is 3.31. The molecule has 2 rings (SSSR count). The number of benzene rings is 1. The van der Waals surface area contributed by atoms with Gasteiger partial charge >= 0.3 is 0 Å². The number of rotatable bonds is 3. The van der Waals surface area contributed by atoms with Gasteiger partial charge in [0.15, 0.2) is 0 Å². The highest BCUT2D eigenvalue weighted by Gasteiger charge is 2.22. The van der Waals surface area contributed by atoms with Crippen LogP contribution in [0.1, 0.15) is 25.0 Å². The van der Waals surface area contributed by atoms with E-state index in [9.17, 15) is 0 Å². The summed E-state index contributed by atoms with van der Waals surface area (Å²) in [7, 11) is 3.68. The summed E-state index contributed by atoms with van der Waals surface area (Å²) in [6.45, 7) is 6.43. The highest BCUT2D eigenvalue weighted by Crippen LogP contribution is 2.33. The molecule has 0 aliphatic heterocycles. The van der Waals surface area contributed by atoms with Gasteiger partial charge in [0.1, 0.15) is 5.75 Å². The van der Waals surface area contributed by atoms with E-state index in [4.69, 9.17) is 4.74 Å². The summed E-state index contributed by atoms with van der Waals surface area (Å²) in [5.41, 5.74) is 3.48. The number of nitrogens with one attached hydrogen (secondary N) is 2. The normalized spacial score (nSPS) is 12.1. The Morgan fingerprint density at radius 3 is 2.59 bits per heavy atom. The number of aryl methyl sites for hydroxylation is 1. The molecule has 0 spiro atoms. The molecular weight excluding hydrogens is 212 g/mol. The van der Waals surface area contributed by atoms with Crippen molar-refractivity contribution in [1.29, 1.82) is 0 Å². The number of H-pyrrole nitrogens is 1. The van der Waals surface area contributed by atoms with Crippen LogP contribution in [0.3, 0.4) is 0 Å². The summed E-state index contributed by atoms with van der Waals surface area (Å²) in [6.07, 6.45) is 2.06.